The predicted octanol–water partition coefficient (Wildman–Crippen LogP) is 2.63. The number of carbonyl (C=O) groups is 1. The van der Waals surface area contributed by atoms with Crippen LogP contribution in [0.15, 0.2) is 42.9 Å². The molecule has 0 aliphatic carbocycles. The number of carbonyl (C=O) groups excluding carboxylic acids is 1. The second kappa shape index (κ2) is 7.00. The van der Waals surface area contributed by atoms with Gasteiger partial charge in [0.25, 0.3) is 5.91 Å². The zero-order valence-corrected chi connectivity index (χ0v) is 14.8. The molecular formula is C20H26N4O. The smallest absolute Gasteiger partial charge is 0.270 e. The minimum absolute atomic E-state index is 0.177. The lowest BCUT2D eigenvalue weighted by Crippen LogP contribution is -2.47. The highest BCUT2D eigenvalue weighted by atomic mass is 16.2. The number of rotatable bonds is 4. The van der Waals surface area contributed by atoms with Crippen LogP contribution in [-0.2, 0) is 6.54 Å². The van der Waals surface area contributed by atoms with Crippen molar-refractivity contribution < 1.29 is 4.79 Å². The zero-order chi connectivity index (χ0) is 17.2. The molecule has 0 radical (unpaired) electrons. The molecule has 2 aliphatic heterocycles. The van der Waals surface area contributed by atoms with E-state index in [-0.39, 0.29) is 5.91 Å². The first kappa shape index (κ1) is 16.3. The molecular weight excluding hydrogens is 312 g/mol. The van der Waals surface area contributed by atoms with Crippen LogP contribution in [0.3, 0.4) is 0 Å². The number of likely N-dealkylation sites (N-methyl/N-ethyl adjacent to an activating group) is 1. The fourth-order valence-electron chi connectivity index (χ4n) is 4.45. The normalized spacial score (nSPS) is 24.1. The third-order valence-corrected chi connectivity index (χ3v) is 5.71. The van der Waals surface area contributed by atoms with E-state index in [2.05, 4.69) is 21.8 Å². The van der Waals surface area contributed by atoms with Crippen molar-refractivity contribution in [3.8, 4) is 0 Å². The summed E-state index contributed by atoms with van der Waals surface area (Å²) in [5.41, 5.74) is 1.90. The van der Waals surface area contributed by atoms with Gasteiger partial charge in [0.2, 0.25) is 0 Å². The second-order valence-electron chi connectivity index (χ2n) is 7.28. The van der Waals surface area contributed by atoms with Crippen molar-refractivity contribution in [1.29, 1.82) is 0 Å². The van der Waals surface area contributed by atoms with E-state index in [4.69, 9.17) is 0 Å². The van der Waals surface area contributed by atoms with Gasteiger partial charge in [-0.15, -0.1) is 0 Å². The Morgan fingerprint density at radius 1 is 1.16 bits per heavy atom. The molecule has 0 N–H and O–H groups in total. The van der Waals surface area contributed by atoms with E-state index in [0.29, 0.717) is 18.6 Å². The molecule has 2 aliphatic rings. The molecule has 2 aromatic heterocycles. The predicted molar refractivity (Wildman–Crippen MR) is 97.5 cm³/mol. The first-order valence-electron chi connectivity index (χ1n) is 9.29. The summed E-state index contributed by atoms with van der Waals surface area (Å²) in [5, 5.41) is 0. The Morgan fingerprint density at radius 2 is 2.00 bits per heavy atom. The summed E-state index contributed by atoms with van der Waals surface area (Å²) in [6.07, 6.45) is 10.3. The van der Waals surface area contributed by atoms with Crippen LogP contribution in [0.4, 0.5) is 0 Å². The molecule has 25 heavy (non-hydrogen) atoms. The number of likely N-dealkylation sites (tertiary alicyclic amines) is 2. The maximum Gasteiger partial charge on any atom is 0.270 e. The van der Waals surface area contributed by atoms with Crippen molar-refractivity contribution in [2.75, 3.05) is 20.1 Å². The number of hydrogen-bond acceptors (Lipinski definition) is 3. The average Bonchev–Trinajstić information content (AvgIpc) is 3.35. The summed E-state index contributed by atoms with van der Waals surface area (Å²) in [6, 6.07) is 8.79. The fourth-order valence-corrected chi connectivity index (χ4v) is 4.45. The van der Waals surface area contributed by atoms with Crippen molar-refractivity contribution in [2.45, 2.75) is 44.3 Å². The summed E-state index contributed by atoms with van der Waals surface area (Å²) in [4.78, 5) is 22.0. The minimum atomic E-state index is 0.177. The average molecular weight is 338 g/mol. The Morgan fingerprint density at radius 3 is 2.76 bits per heavy atom. The zero-order valence-electron chi connectivity index (χ0n) is 14.8. The third-order valence-electron chi connectivity index (χ3n) is 5.71. The van der Waals surface area contributed by atoms with Crippen LogP contribution in [0.25, 0.3) is 0 Å². The van der Waals surface area contributed by atoms with Crippen molar-refractivity contribution in [3.05, 3.63) is 54.1 Å². The Hall–Kier alpha value is -2.14. The van der Waals surface area contributed by atoms with Crippen LogP contribution < -0.4 is 0 Å². The quantitative estimate of drug-likeness (QED) is 0.860. The maximum atomic E-state index is 13.3. The van der Waals surface area contributed by atoms with E-state index in [1.165, 1.54) is 12.8 Å². The van der Waals surface area contributed by atoms with E-state index in [0.717, 1.165) is 37.2 Å². The van der Waals surface area contributed by atoms with E-state index in [1.54, 1.807) is 6.20 Å². The van der Waals surface area contributed by atoms with Gasteiger partial charge in [-0.1, -0.05) is 6.07 Å². The third kappa shape index (κ3) is 3.21. The van der Waals surface area contributed by atoms with E-state index in [1.807, 2.05) is 41.2 Å². The van der Waals surface area contributed by atoms with Crippen LogP contribution in [0.2, 0.25) is 0 Å². The molecule has 0 spiro atoms. The molecule has 132 valence electrons. The lowest BCUT2D eigenvalue weighted by Gasteiger charge is -2.33. The lowest BCUT2D eigenvalue weighted by molar-refractivity contribution is 0.0654. The van der Waals surface area contributed by atoms with Gasteiger partial charge in [-0.2, -0.15) is 0 Å². The number of nitrogens with zero attached hydrogens (tertiary/aromatic N) is 4. The van der Waals surface area contributed by atoms with Crippen LogP contribution in [0.5, 0.6) is 0 Å². The molecule has 2 saturated heterocycles. The largest absolute Gasteiger partial charge is 0.339 e. The van der Waals surface area contributed by atoms with Gasteiger partial charge in [0.15, 0.2) is 0 Å². The van der Waals surface area contributed by atoms with Crippen molar-refractivity contribution in [1.82, 2.24) is 19.4 Å². The highest BCUT2D eigenvalue weighted by Gasteiger charge is 2.39. The van der Waals surface area contributed by atoms with Crippen molar-refractivity contribution in [2.24, 2.45) is 0 Å². The van der Waals surface area contributed by atoms with Crippen LogP contribution in [0, 0.1) is 0 Å². The Balaban J connectivity index is 1.54. The van der Waals surface area contributed by atoms with Crippen LogP contribution in [-0.4, -0.2) is 57.5 Å². The number of hydrogen-bond donors (Lipinski definition) is 0. The molecule has 5 heteroatoms. The summed E-state index contributed by atoms with van der Waals surface area (Å²) >= 11 is 0. The first-order chi connectivity index (χ1) is 12.2. The summed E-state index contributed by atoms with van der Waals surface area (Å²) < 4.78 is 2.05. The van der Waals surface area contributed by atoms with Gasteiger partial charge in [0.1, 0.15) is 5.69 Å². The molecule has 2 aromatic rings. The minimum Gasteiger partial charge on any atom is -0.339 e. The van der Waals surface area contributed by atoms with Gasteiger partial charge in [-0.25, -0.2) is 0 Å². The summed E-state index contributed by atoms with van der Waals surface area (Å²) in [5.74, 6) is 0.177. The highest BCUT2D eigenvalue weighted by molar-refractivity contribution is 5.93. The number of amides is 1. The summed E-state index contributed by atoms with van der Waals surface area (Å²) in [7, 11) is 2.20. The van der Waals surface area contributed by atoms with E-state index >= 15 is 0 Å². The monoisotopic (exact) mass is 338 g/mol. The van der Waals surface area contributed by atoms with Gasteiger partial charge in [-0.3, -0.25) is 9.78 Å². The fraction of sp³-hybridized carbons (Fsp3) is 0.500. The standard InChI is InChI=1S/C20H26N4O/c1-22-11-3-7-17(22)18-8-5-13-24(18)20(25)19-9-4-12-23(19)15-16-6-2-10-21-14-16/h2,4,6,9-10,12,14,17-18H,3,5,7-8,11,13,15H2,1H3/t17-,18+/m0/s1. The van der Waals surface area contributed by atoms with E-state index < -0.39 is 0 Å². The molecule has 2 fully saturated rings. The Labute approximate surface area is 149 Å². The van der Waals surface area contributed by atoms with Gasteiger partial charge >= 0.3 is 0 Å². The van der Waals surface area contributed by atoms with E-state index in [9.17, 15) is 4.79 Å². The summed E-state index contributed by atoms with van der Waals surface area (Å²) in [6.45, 7) is 2.72. The maximum absolute atomic E-state index is 13.3. The molecule has 4 rings (SSSR count). The second-order valence-corrected chi connectivity index (χ2v) is 7.28. The molecule has 0 saturated carbocycles. The SMILES string of the molecule is CN1CCC[C@H]1[C@H]1CCCN1C(=O)c1cccn1Cc1cccnc1. The van der Waals surface area contributed by atoms with Gasteiger partial charge < -0.3 is 14.4 Å². The molecule has 4 heterocycles. The molecule has 2 atom stereocenters. The van der Waals surface area contributed by atoms with Crippen LogP contribution >= 0.6 is 0 Å². The van der Waals surface area contributed by atoms with Gasteiger partial charge in [0, 0.05) is 43.8 Å². The van der Waals surface area contributed by atoms with Gasteiger partial charge in [0.05, 0.1) is 0 Å². The molecule has 5 nitrogen and oxygen atoms in total. The molecule has 0 unspecified atom stereocenters. The highest BCUT2D eigenvalue weighted by Crippen LogP contribution is 2.30. The Kier molecular flexibility index (Phi) is 4.57. The van der Waals surface area contributed by atoms with Crippen LogP contribution in [0.1, 0.15) is 41.7 Å². The lowest BCUT2D eigenvalue weighted by atomic mass is 10.0. The first-order valence-corrected chi connectivity index (χ1v) is 9.29. The number of aromatic nitrogens is 2. The molecule has 1 amide bonds. The van der Waals surface area contributed by atoms with Gasteiger partial charge in [-0.05, 0) is 63.0 Å². The molecule has 0 aromatic carbocycles. The topological polar surface area (TPSA) is 41.4 Å². The molecule has 0 bridgehead atoms. The number of pyridine rings is 1. The Bertz CT molecular complexity index is 726. The van der Waals surface area contributed by atoms with Crippen molar-refractivity contribution in [3.63, 3.8) is 0 Å². The van der Waals surface area contributed by atoms with Crippen molar-refractivity contribution >= 4 is 5.91 Å².